The van der Waals surface area contributed by atoms with E-state index in [1.54, 1.807) is 0 Å². The van der Waals surface area contributed by atoms with Gasteiger partial charge in [-0.05, 0) is 48.4 Å². The molecule has 1 unspecified atom stereocenters. The first-order valence-electron chi connectivity index (χ1n) is 7.51. The zero-order chi connectivity index (χ0) is 13.9. The molecule has 1 atom stereocenters. The summed E-state index contributed by atoms with van der Waals surface area (Å²) in [5.41, 5.74) is 8.85. The Hall–Kier alpha value is -0.860. The predicted molar refractivity (Wildman–Crippen MR) is 82.4 cm³/mol. The molecule has 1 aromatic carbocycles. The maximum atomic E-state index is 5.73. The van der Waals surface area contributed by atoms with Crippen LogP contribution in [0, 0.1) is 5.92 Å². The normalized spacial score (nSPS) is 20.9. The molecule has 0 aliphatic carbocycles. The Balaban J connectivity index is 1.84. The zero-order valence-corrected chi connectivity index (χ0v) is 12.7. The summed E-state index contributed by atoms with van der Waals surface area (Å²) in [4.78, 5) is 2.55. The van der Waals surface area contributed by atoms with Crippen LogP contribution in [0.15, 0.2) is 24.3 Å². The summed E-state index contributed by atoms with van der Waals surface area (Å²) in [6, 6.07) is 9.14. The maximum Gasteiger partial charge on any atom is 0.00223 e. The minimum absolute atomic E-state index is 0.252. The Morgan fingerprint density at radius 2 is 1.89 bits per heavy atom. The molecule has 19 heavy (non-hydrogen) atoms. The van der Waals surface area contributed by atoms with Crippen LogP contribution in [-0.2, 0) is 11.8 Å². The van der Waals surface area contributed by atoms with E-state index in [9.17, 15) is 0 Å². The summed E-state index contributed by atoms with van der Waals surface area (Å²) in [7, 11) is 0. The van der Waals surface area contributed by atoms with E-state index in [4.69, 9.17) is 5.73 Å². The highest BCUT2D eigenvalue weighted by Crippen LogP contribution is 2.22. The number of hydrogen-bond donors (Lipinski definition) is 1. The van der Waals surface area contributed by atoms with E-state index in [0.717, 1.165) is 18.9 Å². The first-order chi connectivity index (χ1) is 8.99. The van der Waals surface area contributed by atoms with Gasteiger partial charge in [0.1, 0.15) is 0 Å². The van der Waals surface area contributed by atoms with Gasteiger partial charge in [0.15, 0.2) is 0 Å². The van der Waals surface area contributed by atoms with Crippen LogP contribution in [0.3, 0.4) is 0 Å². The Morgan fingerprint density at radius 1 is 1.21 bits per heavy atom. The van der Waals surface area contributed by atoms with Crippen LogP contribution in [0.5, 0.6) is 0 Å². The van der Waals surface area contributed by atoms with Gasteiger partial charge in [0.05, 0.1) is 0 Å². The summed E-state index contributed by atoms with van der Waals surface area (Å²) >= 11 is 0. The summed E-state index contributed by atoms with van der Waals surface area (Å²) in [5.74, 6) is 0.725. The van der Waals surface area contributed by atoms with Crippen LogP contribution in [-0.4, -0.2) is 31.1 Å². The van der Waals surface area contributed by atoms with Crippen LogP contribution in [0.1, 0.15) is 38.3 Å². The van der Waals surface area contributed by atoms with Gasteiger partial charge in [0.2, 0.25) is 0 Å². The molecule has 2 N–H and O–H groups in total. The molecule has 0 aromatic heterocycles. The number of nitrogens with zero attached hydrogens (tertiary/aromatic N) is 1. The van der Waals surface area contributed by atoms with E-state index in [2.05, 4.69) is 49.9 Å². The monoisotopic (exact) mass is 260 g/mol. The molecule has 1 heterocycles. The Labute approximate surface area is 118 Å². The van der Waals surface area contributed by atoms with Gasteiger partial charge in [-0.3, -0.25) is 0 Å². The topological polar surface area (TPSA) is 29.3 Å². The molecular formula is C17H28N2. The van der Waals surface area contributed by atoms with Gasteiger partial charge in [0, 0.05) is 13.1 Å². The molecule has 0 spiro atoms. The maximum absolute atomic E-state index is 5.73. The van der Waals surface area contributed by atoms with E-state index in [-0.39, 0.29) is 5.41 Å². The quantitative estimate of drug-likeness (QED) is 0.902. The van der Waals surface area contributed by atoms with Crippen LogP contribution >= 0.6 is 0 Å². The van der Waals surface area contributed by atoms with Crippen LogP contribution < -0.4 is 5.73 Å². The second-order valence-electron chi connectivity index (χ2n) is 6.89. The van der Waals surface area contributed by atoms with E-state index >= 15 is 0 Å². The lowest BCUT2D eigenvalue weighted by Gasteiger charge is -2.20. The molecule has 2 heteroatoms. The van der Waals surface area contributed by atoms with Crippen molar-refractivity contribution < 1.29 is 0 Å². The van der Waals surface area contributed by atoms with E-state index in [1.165, 1.54) is 37.2 Å². The molecule has 0 amide bonds. The van der Waals surface area contributed by atoms with Crippen molar-refractivity contribution in [3.05, 3.63) is 35.4 Å². The van der Waals surface area contributed by atoms with Crippen molar-refractivity contribution in [3.8, 4) is 0 Å². The fourth-order valence-electron chi connectivity index (χ4n) is 2.77. The number of rotatable bonds is 4. The second kappa shape index (κ2) is 6.06. The van der Waals surface area contributed by atoms with Crippen molar-refractivity contribution in [3.63, 3.8) is 0 Å². The minimum Gasteiger partial charge on any atom is -0.330 e. The highest BCUT2D eigenvalue weighted by atomic mass is 15.1. The molecule has 1 fully saturated rings. The molecule has 2 nitrogen and oxygen atoms in total. The smallest absolute Gasteiger partial charge is 0.00223 e. The lowest BCUT2D eigenvalue weighted by Crippen LogP contribution is -2.25. The van der Waals surface area contributed by atoms with E-state index < -0.39 is 0 Å². The van der Waals surface area contributed by atoms with Gasteiger partial charge in [-0.15, -0.1) is 0 Å². The van der Waals surface area contributed by atoms with Crippen molar-refractivity contribution in [2.45, 2.75) is 39.0 Å². The number of nitrogens with two attached hydrogens (primary N) is 1. The lowest BCUT2D eigenvalue weighted by molar-refractivity contribution is 0.329. The van der Waals surface area contributed by atoms with Gasteiger partial charge >= 0.3 is 0 Å². The van der Waals surface area contributed by atoms with Gasteiger partial charge in [-0.25, -0.2) is 0 Å². The minimum atomic E-state index is 0.252. The van der Waals surface area contributed by atoms with Crippen LogP contribution in [0.4, 0.5) is 0 Å². The molecule has 1 aromatic rings. The summed E-state index contributed by atoms with van der Waals surface area (Å²) in [5, 5.41) is 0. The second-order valence-corrected chi connectivity index (χ2v) is 6.89. The molecule has 106 valence electrons. The highest BCUT2D eigenvalue weighted by Gasteiger charge is 2.20. The molecule has 0 bridgehead atoms. The third-order valence-electron chi connectivity index (χ3n) is 4.24. The molecule has 0 radical (unpaired) electrons. The average molecular weight is 260 g/mol. The van der Waals surface area contributed by atoms with E-state index in [0.29, 0.717) is 0 Å². The van der Waals surface area contributed by atoms with Crippen molar-refractivity contribution in [1.82, 2.24) is 4.90 Å². The summed E-state index contributed by atoms with van der Waals surface area (Å²) in [6.45, 7) is 11.2. The van der Waals surface area contributed by atoms with E-state index in [1.807, 2.05) is 0 Å². The predicted octanol–water partition coefficient (Wildman–Crippen LogP) is 2.81. The third kappa shape index (κ3) is 4.05. The largest absolute Gasteiger partial charge is 0.330 e. The first-order valence-corrected chi connectivity index (χ1v) is 7.51. The highest BCUT2D eigenvalue weighted by molar-refractivity contribution is 5.27. The fourth-order valence-corrected chi connectivity index (χ4v) is 2.77. The van der Waals surface area contributed by atoms with Crippen molar-refractivity contribution in [2.24, 2.45) is 11.7 Å². The van der Waals surface area contributed by atoms with Crippen molar-refractivity contribution in [2.75, 3.05) is 26.2 Å². The fraction of sp³-hybridized carbons (Fsp3) is 0.647. The Kier molecular flexibility index (Phi) is 4.64. The summed E-state index contributed by atoms with van der Waals surface area (Å²) < 4.78 is 0. The van der Waals surface area contributed by atoms with Gasteiger partial charge in [0.25, 0.3) is 0 Å². The number of likely N-dealkylation sites (tertiary alicyclic amines) is 1. The average Bonchev–Trinajstić information content (AvgIpc) is 2.84. The zero-order valence-electron chi connectivity index (χ0n) is 12.7. The Morgan fingerprint density at radius 3 is 2.42 bits per heavy atom. The van der Waals surface area contributed by atoms with Gasteiger partial charge in [-0.1, -0.05) is 45.0 Å². The molecule has 0 saturated carbocycles. The first kappa shape index (κ1) is 14.5. The van der Waals surface area contributed by atoms with Gasteiger partial charge < -0.3 is 10.6 Å². The molecule has 1 aliphatic heterocycles. The van der Waals surface area contributed by atoms with Crippen molar-refractivity contribution in [1.29, 1.82) is 0 Å². The van der Waals surface area contributed by atoms with Crippen LogP contribution in [0.25, 0.3) is 0 Å². The summed E-state index contributed by atoms with van der Waals surface area (Å²) in [6.07, 6.45) is 2.43. The van der Waals surface area contributed by atoms with Crippen molar-refractivity contribution >= 4 is 0 Å². The van der Waals surface area contributed by atoms with Crippen LogP contribution in [0.2, 0.25) is 0 Å². The van der Waals surface area contributed by atoms with Gasteiger partial charge in [-0.2, -0.15) is 0 Å². The molecule has 1 saturated heterocycles. The molecular weight excluding hydrogens is 232 g/mol. The third-order valence-corrected chi connectivity index (χ3v) is 4.24. The standard InChI is InChI=1S/C17H28N2/c1-17(2,3)16-6-4-14(5-7-16)8-10-19-11-9-15(12-18)13-19/h4-7,15H,8-13,18H2,1-3H3. The molecule has 2 rings (SSSR count). The molecule has 1 aliphatic rings. The number of hydrogen-bond acceptors (Lipinski definition) is 2. The Bertz CT molecular complexity index is 389. The SMILES string of the molecule is CC(C)(C)c1ccc(CCN2CCC(CN)C2)cc1. The number of benzene rings is 1. The lowest BCUT2D eigenvalue weighted by atomic mass is 9.86.